The van der Waals surface area contributed by atoms with E-state index in [2.05, 4.69) is 38.2 Å². The SMILES string of the molecule is Cc1cc(C)c([C@H](C)NC(=O)c2ccc3c(c2)C[C@@H](C)N3S(=O)(=O)c2ccc(Cl)cc2)cc1C. The maximum absolute atomic E-state index is 13.3. The fourth-order valence-corrected chi connectivity index (χ4v) is 6.46. The van der Waals surface area contributed by atoms with Crippen LogP contribution in [-0.4, -0.2) is 20.4 Å². The van der Waals surface area contributed by atoms with E-state index < -0.39 is 10.0 Å². The highest BCUT2D eigenvalue weighted by Crippen LogP contribution is 2.37. The Balaban J connectivity index is 1.58. The molecule has 0 bridgehead atoms. The molecule has 3 aromatic rings. The van der Waals surface area contributed by atoms with Crippen molar-refractivity contribution in [3.63, 3.8) is 0 Å². The summed E-state index contributed by atoms with van der Waals surface area (Å²) in [5.41, 5.74) is 6.61. The van der Waals surface area contributed by atoms with Crippen molar-refractivity contribution in [1.29, 1.82) is 0 Å². The molecule has 5 nitrogen and oxygen atoms in total. The third-order valence-electron chi connectivity index (χ3n) is 6.56. The van der Waals surface area contributed by atoms with Crippen molar-refractivity contribution < 1.29 is 13.2 Å². The average molecular weight is 497 g/mol. The molecule has 1 aliphatic heterocycles. The van der Waals surface area contributed by atoms with Gasteiger partial charge < -0.3 is 5.32 Å². The molecule has 1 heterocycles. The second-order valence-corrected chi connectivity index (χ2v) is 11.4. The fraction of sp³-hybridized carbons (Fsp3) is 0.296. The lowest BCUT2D eigenvalue weighted by molar-refractivity contribution is 0.0939. The van der Waals surface area contributed by atoms with Crippen molar-refractivity contribution in [2.75, 3.05) is 4.31 Å². The van der Waals surface area contributed by atoms with Gasteiger partial charge >= 0.3 is 0 Å². The van der Waals surface area contributed by atoms with E-state index in [-0.39, 0.29) is 22.9 Å². The molecule has 7 heteroatoms. The number of fused-ring (bicyclic) bond motifs is 1. The van der Waals surface area contributed by atoms with Crippen LogP contribution in [0.15, 0.2) is 59.5 Å². The molecule has 0 saturated heterocycles. The van der Waals surface area contributed by atoms with Gasteiger partial charge in [-0.3, -0.25) is 9.10 Å². The quantitative estimate of drug-likeness (QED) is 0.478. The topological polar surface area (TPSA) is 66.5 Å². The van der Waals surface area contributed by atoms with Crippen molar-refractivity contribution in [3.05, 3.63) is 93.0 Å². The van der Waals surface area contributed by atoms with Crippen molar-refractivity contribution in [3.8, 4) is 0 Å². The van der Waals surface area contributed by atoms with Crippen LogP contribution >= 0.6 is 11.6 Å². The zero-order valence-corrected chi connectivity index (χ0v) is 21.6. The summed E-state index contributed by atoms with van der Waals surface area (Å²) >= 11 is 5.93. The van der Waals surface area contributed by atoms with Gasteiger partial charge in [0.1, 0.15) is 0 Å². The number of anilines is 1. The first-order chi connectivity index (χ1) is 16.0. The molecule has 1 amide bonds. The van der Waals surface area contributed by atoms with Crippen LogP contribution in [-0.2, 0) is 16.4 Å². The number of hydrogen-bond acceptors (Lipinski definition) is 3. The van der Waals surface area contributed by atoms with Gasteiger partial charge in [0.25, 0.3) is 15.9 Å². The summed E-state index contributed by atoms with van der Waals surface area (Å²) in [4.78, 5) is 13.2. The normalized spacial score (nSPS) is 16.3. The molecule has 1 N–H and O–H groups in total. The number of carbonyl (C=O) groups excluding carboxylic acids is 1. The van der Waals surface area contributed by atoms with Crippen LogP contribution in [0.3, 0.4) is 0 Å². The fourth-order valence-electron chi connectivity index (χ4n) is 4.64. The zero-order chi connectivity index (χ0) is 24.8. The van der Waals surface area contributed by atoms with Gasteiger partial charge in [-0.1, -0.05) is 23.7 Å². The summed E-state index contributed by atoms with van der Waals surface area (Å²) in [7, 11) is -3.74. The predicted octanol–water partition coefficient (Wildman–Crippen LogP) is 5.90. The number of rotatable bonds is 5. The number of carbonyl (C=O) groups is 1. The molecule has 0 fully saturated rings. The first-order valence-electron chi connectivity index (χ1n) is 11.3. The van der Waals surface area contributed by atoms with Crippen molar-refractivity contribution >= 4 is 33.2 Å². The van der Waals surface area contributed by atoms with Gasteiger partial charge in [0.05, 0.1) is 16.6 Å². The summed E-state index contributed by atoms with van der Waals surface area (Å²) in [6.07, 6.45) is 0.537. The summed E-state index contributed by atoms with van der Waals surface area (Å²) < 4.78 is 28.1. The minimum absolute atomic E-state index is 0.152. The Hall–Kier alpha value is -2.83. The Bertz CT molecular complexity index is 1370. The number of benzene rings is 3. The van der Waals surface area contributed by atoms with Gasteiger partial charge in [-0.05, 0) is 111 Å². The number of nitrogens with one attached hydrogen (secondary N) is 1. The number of hydrogen-bond donors (Lipinski definition) is 1. The smallest absolute Gasteiger partial charge is 0.264 e. The Kier molecular flexibility index (Phi) is 6.49. The van der Waals surface area contributed by atoms with Crippen molar-refractivity contribution in [1.82, 2.24) is 5.32 Å². The predicted molar refractivity (Wildman–Crippen MR) is 137 cm³/mol. The third-order valence-corrected chi connectivity index (χ3v) is 8.76. The molecule has 0 radical (unpaired) electrons. The number of aryl methyl sites for hydroxylation is 3. The molecular formula is C27H29ClN2O3S. The van der Waals surface area contributed by atoms with E-state index in [0.29, 0.717) is 22.7 Å². The molecular weight excluding hydrogens is 468 g/mol. The minimum Gasteiger partial charge on any atom is -0.346 e. The van der Waals surface area contributed by atoms with Crippen LogP contribution in [0.1, 0.15) is 58.1 Å². The summed E-state index contributed by atoms with van der Waals surface area (Å²) in [5.74, 6) is -0.181. The molecule has 0 spiro atoms. The van der Waals surface area contributed by atoms with Gasteiger partial charge in [-0.15, -0.1) is 0 Å². The molecule has 1 aliphatic rings. The number of nitrogens with zero attached hydrogens (tertiary/aromatic N) is 1. The molecule has 34 heavy (non-hydrogen) atoms. The summed E-state index contributed by atoms with van der Waals surface area (Å²) in [6.45, 7) is 10.1. The van der Waals surface area contributed by atoms with Crippen molar-refractivity contribution in [2.24, 2.45) is 0 Å². The first-order valence-corrected chi connectivity index (χ1v) is 13.1. The highest BCUT2D eigenvalue weighted by Gasteiger charge is 2.36. The lowest BCUT2D eigenvalue weighted by Crippen LogP contribution is -2.35. The Labute approximate surface area is 206 Å². The second-order valence-electron chi connectivity index (χ2n) is 9.14. The van der Waals surface area contributed by atoms with Gasteiger partial charge in [0.15, 0.2) is 0 Å². The summed E-state index contributed by atoms with van der Waals surface area (Å²) in [5, 5.41) is 3.57. The van der Waals surface area contributed by atoms with Crippen molar-refractivity contribution in [2.45, 2.75) is 58.0 Å². The van der Waals surface area contributed by atoms with Crippen LogP contribution < -0.4 is 9.62 Å². The van der Waals surface area contributed by atoms with Crippen LogP contribution in [0.5, 0.6) is 0 Å². The van der Waals surface area contributed by atoms with Crippen LogP contribution in [0.25, 0.3) is 0 Å². The highest BCUT2D eigenvalue weighted by molar-refractivity contribution is 7.92. The largest absolute Gasteiger partial charge is 0.346 e. The van der Waals surface area contributed by atoms with Gasteiger partial charge in [-0.25, -0.2) is 8.42 Å². The lowest BCUT2D eigenvalue weighted by Gasteiger charge is -2.24. The monoisotopic (exact) mass is 496 g/mol. The molecule has 4 rings (SSSR count). The van der Waals surface area contributed by atoms with Gasteiger partial charge in [0, 0.05) is 16.6 Å². The van der Waals surface area contributed by atoms with E-state index in [4.69, 9.17) is 11.6 Å². The Morgan fingerprint density at radius 2 is 1.65 bits per heavy atom. The van der Waals surface area contributed by atoms with E-state index in [1.54, 1.807) is 30.3 Å². The maximum atomic E-state index is 13.3. The van der Waals surface area contributed by atoms with Crippen LogP contribution in [0.4, 0.5) is 5.69 Å². The molecule has 0 saturated carbocycles. The van der Waals surface area contributed by atoms with E-state index in [0.717, 1.165) is 16.7 Å². The highest BCUT2D eigenvalue weighted by atomic mass is 35.5. The minimum atomic E-state index is -3.74. The average Bonchev–Trinajstić information content (AvgIpc) is 3.12. The molecule has 2 atom stereocenters. The molecule has 0 aromatic heterocycles. The second kappa shape index (κ2) is 9.08. The van der Waals surface area contributed by atoms with Crippen LogP contribution in [0, 0.1) is 20.8 Å². The Morgan fingerprint density at radius 1 is 1.00 bits per heavy atom. The Morgan fingerprint density at radius 3 is 2.32 bits per heavy atom. The molecule has 0 aliphatic carbocycles. The number of amides is 1. The van der Waals surface area contributed by atoms with E-state index in [1.807, 2.05) is 13.8 Å². The molecule has 0 unspecified atom stereocenters. The molecule has 3 aromatic carbocycles. The van der Waals surface area contributed by atoms with E-state index >= 15 is 0 Å². The maximum Gasteiger partial charge on any atom is 0.264 e. The van der Waals surface area contributed by atoms with Gasteiger partial charge in [0.2, 0.25) is 0 Å². The first kappa shape index (κ1) is 24.3. The van der Waals surface area contributed by atoms with E-state index in [9.17, 15) is 13.2 Å². The van der Waals surface area contributed by atoms with Gasteiger partial charge in [-0.2, -0.15) is 0 Å². The zero-order valence-electron chi connectivity index (χ0n) is 20.0. The van der Waals surface area contributed by atoms with Crippen LogP contribution in [0.2, 0.25) is 5.02 Å². The standard InChI is InChI=1S/C27H29ClN2O3S/c1-16-12-18(3)25(13-17(16)2)20(5)29-27(31)21-6-11-26-22(15-21)14-19(4)30(26)34(32,33)24-9-7-23(28)8-10-24/h6-13,15,19-20H,14H2,1-5H3,(H,29,31)/t19-,20+/m1/s1. The third kappa shape index (κ3) is 4.44. The lowest BCUT2D eigenvalue weighted by atomic mass is 9.96. The molecule has 178 valence electrons. The van der Waals surface area contributed by atoms with E-state index in [1.165, 1.54) is 27.6 Å². The number of sulfonamides is 1. The summed E-state index contributed by atoms with van der Waals surface area (Å²) in [6, 6.07) is 15.2. The number of halogens is 1.